The van der Waals surface area contributed by atoms with E-state index in [0.29, 0.717) is 23.3 Å². The zero-order chi connectivity index (χ0) is 23.8. The Kier molecular flexibility index (Phi) is 8.09. The van der Waals surface area contributed by atoms with E-state index in [9.17, 15) is 18.0 Å². The molecule has 0 aliphatic rings. The Balaban J connectivity index is 2.05. The largest absolute Gasteiger partial charge is 0.483 e. The number of amides is 1. The van der Waals surface area contributed by atoms with Crippen LogP contribution in [-0.4, -0.2) is 5.91 Å². The number of ether oxygens (including phenoxy) is 1. The maximum absolute atomic E-state index is 14.1. The summed E-state index contributed by atoms with van der Waals surface area (Å²) in [6.07, 6.45) is 0.802. The summed E-state index contributed by atoms with van der Waals surface area (Å²) in [6, 6.07) is 16.4. The van der Waals surface area contributed by atoms with Crippen LogP contribution in [0.4, 0.5) is 13.2 Å². The van der Waals surface area contributed by atoms with Crippen molar-refractivity contribution >= 4 is 5.91 Å². The van der Waals surface area contributed by atoms with Crippen LogP contribution in [0, 0.1) is 28.8 Å². The van der Waals surface area contributed by atoms with Crippen LogP contribution in [0.1, 0.15) is 55.0 Å². The van der Waals surface area contributed by atoms with Crippen molar-refractivity contribution < 1.29 is 22.7 Å². The molecule has 170 valence electrons. The van der Waals surface area contributed by atoms with Gasteiger partial charge in [-0.2, -0.15) is 5.26 Å². The summed E-state index contributed by atoms with van der Waals surface area (Å²) < 4.78 is 47.5. The van der Waals surface area contributed by atoms with Crippen molar-refractivity contribution in [3.63, 3.8) is 0 Å². The Morgan fingerprint density at radius 1 is 0.970 bits per heavy atom. The lowest BCUT2D eigenvalue weighted by Gasteiger charge is -2.30. The lowest BCUT2D eigenvalue weighted by Crippen LogP contribution is -2.34. The van der Waals surface area contributed by atoms with E-state index in [4.69, 9.17) is 10.00 Å². The number of hydrogen-bond acceptors (Lipinski definition) is 3. The Morgan fingerprint density at radius 3 is 2.24 bits per heavy atom. The normalized spacial score (nSPS) is 12.5. The summed E-state index contributed by atoms with van der Waals surface area (Å²) in [5, 5.41) is 11.9. The second kappa shape index (κ2) is 11.2. The first-order chi connectivity index (χ1) is 15.9. The van der Waals surface area contributed by atoms with Gasteiger partial charge < -0.3 is 10.1 Å². The molecular weight excluding hydrogens is 429 g/mol. The summed E-state index contributed by atoms with van der Waals surface area (Å²) in [4.78, 5) is 12.6. The minimum Gasteiger partial charge on any atom is -0.483 e. The van der Waals surface area contributed by atoms with Crippen molar-refractivity contribution in [1.82, 2.24) is 5.32 Å². The minimum atomic E-state index is -1.06. The number of unbranched alkanes of at least 4 members (excludes halogenated alkanes) is 1. The van der Waals surface area contributed by atoms with Crippen molar-refractivity contribution in [2.75, 3.05) is 0 Å². The predicted octanol–water partition coefficient (Wildman–Crippen LogP) is 6.14. The maximum Gasteiger partial charge on any atom is 0.220 e. The molecule has 1 amide bonds. The topological polar surface area (TPSA) is 62.1 Å². The fourth-order valence-electron chi connectivity index (χ4n) is 3.36. The third-order valence-corrected chi connectivity index (χ3v) is 5.12. The molecule has 7 heteroatoms. The summed E-state index contributed by atoms with van der Waals surface area (Å²) >= 11 is 0. The van der Waals surface area contributed by atoms with Crippen LogP contribution >= 0.6 is 0 Å². The van der Waals surface area contributed by atoms with E-state index in [1.807, 2.05) is 13.0 Å². The zero-order valence-electron chi connectivity index (χ0n) is 18.0. The number of carbonyl (C=O) groups is 1. The maximum atomic E-state index is 14.1. The van der Waals surface area contributed by atoms with Gasteiger partial charge in [0.1, 0.15) is 17.7 Å². The first kappa shape index (κ1) is 23.9. The Labute approximate surface area is 190 Å². The molecule has 0 saturated heterocycles. The number of carbonyl (C=O) groups excluding carboxylic acids is 1. The third-order valence-electron chi connectivity index (χ3n) is 5.12. The summed E-state index contributed by atoms with van der Waals surface area (Å²) in [5.41, 5.74) is 1.24. The second-order valence-corrected chi connectivity index (χ2v) is 7.55. The number of rotatable bonds is 9. The molecule has 0 aromatic heterocycles. The van der Waals surface area contributed by atoms with Gasteiger partial charge in [-0.3, -0.25) is 4.79 Å². The lowest BCUT2D eigenvalue weighted by molar-refractivity contribution is -0.122. The summed E-state index contributed by atoms with van der Waals surface area (Å²) in [7, 11) is 0. The highest BCUT2D eigenvalue weighted by Crippen LogP contribution is 2.35. The molecular formula is C26H23F3N2O2. The van der Waals surface area contributed by atoms with Crippen LogP contribution in [0.25, 0.3) is 0 Å². The van der Waals surface area contributed by atoms with Gasteiger partial charge in [0.2, 0.25) is 5.91 Å². The predicted molar refractivity (Wildman–Crippen MR) is 118 cm³/mol. The van der Waals surface area contributed by atoms with Gasteiger partial charge in [-0.1, -0.05) is 31.5 Å². The number of nitrogens with one attached hydrogen (secondary N) is 1. The zero-order valence-corrected chi connectivity index (χ0v) is 18.0. The quantitative estimate of drug-likeness (QED) is 0.424. The second-order valence-electron chi connectivity index (χ2n) is 7.55. The standard InChI is InChI=1S/C26H23F3N2O2/c1-2-3-4-24(32)31-25(18-7-10-20(27)11-8-18)26(19-9-14-22(28)23(29)15-19)33-21-12-5-17(16-30)6-13-21/h5-15,25-26H,2-4H2,1H3,(H,31,32)/t25-,26+/m0/s1. The summed E-state index contributed by atoms with van der Waals surface area (Å²) in [5.74, 6) is -2.41. The van der Waals surface area contributed by atoms with E-state index >= 15 is 0 Å². The van der Waals surface area contributed by atoms with Gasteiger partial charge in [-0.15, -0.1) is 0 Å². The molecule has 3 aromatic rings. The van der Waals surface area contributed by atoms with Crippen LogP contribution in [0.15, 0.2) is 66.7 Å². The molecule has 0 saturated carbocycles. The molecule has 1 N–H and O–H groups in total. The molecule has 3 aromatic carbocycles. The van der Waals surface area contributed by atoms with Crippen LogP contribution < -0.4 is 10.1 Å². The number of halogens is 3. The van der Waals surface area contributed by atoms with Crippen molar-refractivity contribution in [2.24, 2.45) is 0 Å². The molecule has 0 aliphatic carbocycles. The summed E-state index contributed by atoms with van der Waals surface area (Å²) in [6.45, 7) is 1.96. The van der Waals surface area contributed by atoms with E-state index in [2.05, 4.69) is 5.32 Å². The highest BCUT2D eigenvalue weighted by atomic mass is 19.2. The van der Waals surface area contributed by atoms with E-state index in [-0.39, 0.29) is 17.9 Å². The highest BCUT2D eigenvalue weighted by Gasteiger charge is 2.29. The Morgan fingerprint density at radius 2 is 1.64 bits per heavy atom. The number of hydrogen-bond donors (Lipinski definition) is 1. The molecule has 0 spiro atoms. The van der Waals surface area contributed by atoms with Gasteiger partial charge in [-0.05, 0) is 66.1 Å². The van der Waals surface area contributed by atoms with Crippen molar-refractivity contribution in [3.8, 4) is 11.8 Å². The Hall–Kier alpha value is -3.79. The van der Waals surface area contributed by atoms with E-state index in [1.165, 1.54) is 30.3 Å². The number of nitriles is 1. The van der Waals surface area contributed by atoms with Crippen molar-refractivity contribution in [2.45, 2.75) is 38.3 Å². The lowest BCUT2D eigenvalue weighted by atomic mass is 9.94. The van der Waals surface area contributed by atoms with Crippen LogP contribution in [0.5, 0.6) is 5.75 Å². The molecule has 0 heterocycles. The molecule has 0 unspecified atom stereocenters. The van der Waals surface area contributed by atoms with E-state index in [1.54, 1.807) is 24.3 Å². The van der Waals surface area contributed by atoms with Gasteiger partial charge >= 0.3 is 0 Å². The number of nitrogens with zero attached hydrogens (tertiary/aromatic N) is 1. The fraction of sp³-hybridized carbons (Fsp3) is 0.231. The van der Waals surface area contributed by atoms with Crippen molar-refractivity contribution in [1.29, 1.82) is 5.26 Å². The SMILES string of the molecule is CCCCC(=O)N[C@@H](c1ccc(F)cc1)[C@H](Oc1ccc(C#N)cc1)c1ccc(F)c(F)c1. The first-order valence-electron chi connectivity index (χ1n) is 10.6. The fourth-order valence-corrected chi connectivity index (χ4v) is 3.36. The van der Waals surface area contributed by atoms with Gasteiger partial charge in [0.15, 0.2) is 11.6 Å². The average molecular weight is 452 g/mol. The van der Waals surface area contributed by atoms with Gasteiger partial charge in [0, 0.05) is 6.42 Å². The van der Waals surface area contributed by atoms with Gasteiger partial charge in [0.25, 0.3) is 0 Å². The first-order valence-corrected chi connectivity index (χ1v) is 10.6. The molecule has 0 radical (unpaired) electrons. The highest BCUT2D eigenvalue weighted by molar-refractivity contribution is 5.76. The van der Waals surface area contributed by atoms with Gasteiger partial charge in [0.05, 0.1) is 17.7 Å². The van der Waals surface area contributed by atoms with E-state index in [0.717, 1.165) is 18.6 Å². The average Bonchev–Trinajstić information content (AvgIpc) is 2.83. The van der Waals surface area contributed by atoms with Gasteiger partial charge in [-0.25, -0.2) is 13.2 Å². The molecule has 4 nitrogen and oxygen atoms in total. The monoisotopic (exact) mass is 452 g/mol. The molecule has 0 bridgehead atoms. The van der Waals surface area contributed by atoms with E-state index < -0.39 is 29.6 Å². The molecule has 0 fully saturated rings. The molecule has 0 aliphatic heterocycles. The third kappa shape index (κ3) is 6.36. The molecule has 33 heavy (non-hydrogen) atoms. The van der Waals surface area contributed by atoms with Crippen molar-refractivity contribution in [3.05, 3.63) is 101 Å². The van der Waals surface area contributed by atoms with Crippen LogP contribution in [0.3, 0.4) is 0 Å². The molecule has 3 rings (SSSR count). The smallest absolute Gasteiger partial charge is 0.220 e. The van der Waals surface area contributed by atoms with Crippen LogP contribution in [0.2, 0.25) is 0 Å². The molecule has 2 atom stereocenters. The minimum absolute atomic E-state index is 0.248. The van der Waals surface area contributed by atoms with Crippen LogP contribution in [-0.2, 0) is 4.79 Å². The Bertz CT molecular complexity index is 1130. The number of benzene rings is 3.